The molecule has 0 radical (unpaired) electrons. The fraction of sp³-hybridized carbons (Fsp3) is 0.407. The molecule has 8 heteroatoms. The number of ether oxygens (including phenoxy) is 3. The minimum Gasteiger partial charge on any atom is -0.493 e. The van der Waals surface area contributed by atoms with Crippen molar-refractivity contribution < 1.29 is 14.2 Å². The fourth-order valence-corrected chi connectivity index (χ4v) is 4.64. The van der Waals surface area contributed by atoms with Crippen LogP contribution in [0.4, 0.5) is 0 Å². The first-order chi connectivity index (χ1) is 17.0. The van der Waals surface area contributed by atoms with Gasteiger partial charge in [0.1, 0.15) is 0 Å². The Morgan fingerprint density at radius 3 is 2.71 bits per heavy atom. The second kappa shape index (κ2) is 11.6. The van der Waals surface area contributed by atoms with E-state index in [4.69, 9.17) is 26.4 Å². The van der Waals surface area contributed by atoms with E-state index in [1.165, 1.54) is 11.1 Å². The summed E-state index contributed by atoms with van der Waals surface area (Å²) in [7, 11) is 3.17. The summed E-state index contributed by atoms with van der Waals surface area (Å²) in [4.78, 5) is 18.0. The number of aromatic amines is 1. The molecule has 0 spiro atoms. The second-order valence-corrected chi connectivity index (χ2v) is 9.29. The summed E-state index contributed by atoms with van der Waals surface area (Å²) in [5.74, 6) is 1.19. The molecule has 0 aliphatic carbocycles. The van der Waals surface area contributed by atoms with Crippen LogP contribution in [0, 0.1) is 6.92 Å². The molecule has 2 aromatic carbocycles. The van der Waals surface area contributed by atoms with E-state index in [0.717, 1.165) is 31.3 Å². The molecule has 1 fully saturated rings. The summed E-state index contributed by atoms with van der Waals surface area (Å²) in [6, 6.07) is 14.0. The Kier molecular flexibility index (Phi) is 8.25. The first kappa shape index (κ1) is 25.0. The monoisotopic (exact) mass is 495 g/mol. The Labute approximate surface area is 211 Å². The number of benzene rings is 2. The smallest absolute Gasteiger partial charge is 0.253 e. The molecule has 4 rings (SSSR count). The summed E-state index contributed by atoms with van der Waals surface area (Å²) >= 11 is 5.77. The van der Waals surface area contributed by atoms with Gasteiger partial charge in [0.2, 0.25) is 0 Å². The standard InChI is InChI=1S/C27H33N3O4S/c1-18-6-4-7-19(12-18)9-10-30(27(35)28-16-22-8-5-11-34-22)17-21-13-20-14-24(32-2)25(33-3)15-23(20)29-26(21)31/h4,6-7,12-15,22H,5,8-11,16-17H2,1-3H3,(H,28,35)(H,29,31)/t22-/m1/s1. The topological polar surface area (TPSA) is 75.8 Å². The third-order valence-corrected chi connectivity index (χ3v) is 6.73. The van der Waals surface area contributed by atoms with Gasteiger partial charge < -0.3 is 29.4 Å². The summed E-state index contributed by atoms with van der Waals surface area (Å²) in [5.41, 5.74) is 3.65. The lowest BCUT2D eigenvalue weighted by Crippen LogP contribution is -2.43. The van der Waals surface area contributed by atoms with Crippen LogP contribution in [0.3, 0.4) is 0 Å². The molecule has 1 saturated heterocycles. The number of nitrogens with one attached hydrogen (secondary N) is 2. The van der Waals surface area contributed by atoms with E-state index in [9.17, 15) is 4.79 Å². The predicted molar refractivity (Wildman–Crippen MR) is 143 cm³/mol. The van der Waals surface area contributed by atoms with Crippen LogP contribution in [0.25, 0.3) is 10.9 Å². The first-order valence-corrected chi connectivity index (χ1v) is 12.4. The Morgan fingerprint density at radius 1 is 1.20 bits per heavy atom. The van der Waals surface area contributed by atoms with Crippen molar-refractivity contribution in [3.05, 3.63) is 69.5 Å². The summed E-state index contributed by atoms with van der Waals surface area (Å²) < 4.78 is 16.5. The molecule has 1 aromatic heterocycles. The van der Waals surface area contributed by atoms with Gasteiger partial charge in [-0.15, -0.1) is 0 Å². The van der Waals surface area contributed by atoms with Crippen molar-refractivity contribution in [1.29, 1.82) is 0 Å². The molecular formula is C27H33N3O4S. The van der Waals surface area contributed by atoms with Crippen LogP contribution in [-0.4, -0.2) is 55.0 Å². The Morgan fingerprint density at radius 2 is 2.00 bits per heavy atom. The van der Waals surface area contributed by atoms with Crippen LogP contribution in [0.15, 0.2) is 47.3 Å². The molecule has 186 valence electrons. The summed E-state index contributed by atoms with van der Waals surface area (Å²) in [5, 5.41) is 4.86. The molecule has 3 aromatic rings. The number of hydrogen-bond donors (Lipinski definition) is 2. The number of thiocarbonyl (C=S) groups is 1. The van der Waals surface area contributed by atoms with E-state index < -0.39 is 0 Å². The van der Waals surface area contributed by atoms with Gasteiger partial charge in [0, 0.05) is 36.7 Å². The molecule has 35 heavy (non-hydrogen) atoms. The Balaban J connectivity index is 1.57. The molecule has 1 aliphatic rings. The van der Waals surface area contributed by atoms with Crippen molar-refractivity contribution in [2.75, 3.05) is 33.9 Å². The number of fused-ring (bicyclic) bond motifs is 1. The Bertz CT molecular complexity index is 1240. The predicted octanol–water partition coefficient (Wildman–Crippen LogP) is 3.95. The minimum atomic E-state index is -0.146. The van der Waals surface area contributed by atoms with Crippen LogP contribution in [0.2, 0.25) is 0 Å². The SMILES string of the molecule is COc1cc2cc(CN(CCc3cccc(C)c3)C(=S)NC[C@H]3CCCO3)c(=O)[nH]c2cc1OC. The van der Waals surface area contributed by atoms with Crippen LogP contribution in [0.1, 0.15) is 29.5 Å². The zero-order valence-corrected chi connectivity index (χ0v) is 21.4. The number of rotatable bonds is 9. The fourth-order valence-electron chi connectivity index (χ4n) is 4.40. The first-order valence-electron chi connectivity index (χ1n) is 11.9. The molecule has 0 saturated carbocycles. The lowest BCUT2D eigenvalue weighted by molar-refractivity contribution is 0.113. The van der Waals surface area contributed by atoms with Crippen molar-refractivity contribution in [2.45, 2.75) is 38.8 Å². The third-order valence-electron chi connectivity index (χ3n) is 6.33. The summed E-state index contributed by atoms with van der Waals surface area (Å²) in [6.45, 7) is 4.64. The number of aromatic nitrogens is 1. The number of pyridine rings is 1. The van der Waals surface area contributed by atoms with E-state index in [0.29, 0.717) is 47.3 Å². The highest BCUT2D eigenvalue weighted by Crippen LogP contribution is 2.31. The van der Waals surface area contributed by atoms with Crippen LogP contribution < -0.4 is 20.3 Å². The van der Waals surface area contributed by atoms with Crippen LogP contribution in [-0.2, 0) is 17.7 Å². The normalized spacial score (nSPS) is 15.2. The lowest BCUT2D eigenvalue weighted by Gasteiger charge is -2.27. The van der Waals surface area contributed by atoms with Gasteiger partial charge in [0.15, 0.2) is 16.6 Å². The van der Waals surface area contributed by atoms with Crippen LogP contribution in [0.5, 0.6) is 11.5 Å². The number of hydrogen-bond acceptors (Lipinski definition) is 5. The highest BCUT2D eigenvalue weighted by Gasteiger charge is 2.19. The van der Waals surface area contributed by atoms with Crippen molar-refractivity contribution in [3.8, 4) is 11.5 Å². The van der Waals surface area contributed by atoms with Crippen molar-refractivity contribution in [2.24, 2.45) is 0 Å². The average Bonchev–Trinajstić information content (AvgIpc) is 3.38. The van der Waals surface area contributed by atoms with Crippen molar-refractivity contribution in [3.63, 3.8) is 0 Å². The maximum Gasteiger partial charge on any atom is 0.253 e. The van der Waals surface area contributed by atoms with Crippen LogP contribution >= 0.6 is 12.2 Å². The molecule has 2 heterocycles. The number of H-pyrrole nitrogens is 1. The molecule has 0 bridgehead atoms. The summed E-state index contributed by atoms with van der Waals surface area (Å²) in [6.07, 6.45) is 3.11. The van der Waals surface area contributed by atoms with Gasteiger partial charge in [-0.25, -0.2) is 0 Å². The van der Waals surface area contributed by atoms with E-state index >= 15 is 0 Å². The number of methoxy groups -OCH3 is 2. The average molecular weight is 496 g/mol. The zero-order chi connectivity index (χ0) is 24.8. The molecule has 0 amide bonds. The largest absolute Gasteiger partial charge is 0.493 e. The lowest BCUT2D eigenvalue weighted by atomic mass is 10.1. The van der Waals surface area contributed by atoms with E-state index in [1.807, 2.05) is 12.1 Å². The molecule has 1 aliphatic heterocycles. The quantitative estimate of drug-likeness (QED) is 0.435. The van der Waals surface area contributed by atoms with Gasteiger partial charge in [0.25, 0.3) is 5.56 Å². The highest BCUT2D eigenvalue weighted by molar-refractivity contribution is 7.80. The van der Waals surface area contributed by atoms with Gasteiger partial charge in [-0.05, 0) is 56.1 Å². The number of nitrogens with zero attached hydrogens (tertiary/aromatic N) is 1. The van der Waals surface area contributed by atoms with Crippen molar-refractivity contribution >= 4 is 28.2 Å². The highest BCUT2D eigenvalue weighted by atomic mass is 32.1. The van der Waals surface area contributed by atoms with Crippen molar-refractivity contribution in [1.82, 2.24) is 15.2 Å². The van der Waals surface area contributed by atoms with E-state index in [2.05, 4.69) is 46.4 Å². The molecule has 2 N–H and O–H groups in total. The van der Waals surface area contributed by atoms with Gasteiger partial charge >= 0.3 is 0 Å². The second-order valence-electron chi connectivity index (χ2n) is 8.90. The molecule has 7 nitrogen and oxygen atoms in total. The van der Waals surface area contributed by atoms with Gasteiger partial charge in [-0.3, -0.25) is 4.79 Å². The molecular weight excluding hydrogens is 462 g/mol. The number of aryl methyl sites for hydroxylation is 1. The van der Waals surface area contributed by atoms with Gasteiger partial charge in [-0.2, -0.15) is 0 Å². The minimum absolute atomic E-state index is 0.146. The van der Waals surface area contributed by atoms with Gasteiger partial charge in [0.05, 0.1) is 32.4 Å². The van der Waals surface area contributed by atoms with E-state index in [1.54, 1.807) is 20.3 Å². The maximum atomic E-state index is 13.0. The molecule has 0 unspecified atom stereocenters. The third kappa shape index (κ3) is 6.32. The Hall–Kier alpha value is -3.10. The molecule has 1 atom stereocenters. The van der Waals surface area contributed by atoms with Gasteiger partial charge in [-0.1, -0.05) is 29.8 Å². The zero-order valence-electron chi connectivity index (χ0n) is 20.6. The van der Waals surface area contributed by atoms with E-state index in [-0.39, 0.29) is 11.7 Å². The maximum absolute atomic E-state index is 13.0.